The third kappa shape index (κ3) is 7.55. The predicted molar refractivity (Wildman–Crippen MR) is 158 cm³/mol. The van der Waals surface area contributed by atoms with Gasteiger partial charge in [0.25, 0.3) is 10.0 Å². The van der Waals surface area contributed by atoms with Crippen molar-refractivity contribution in [2.24, 2.45) is 0 Å². The van der Waals surface area contributed by atoms with Gasteiger partial charge in [0.15, 0.2) is 0 Å². The van der Waals surface area contributed by atoms with Gasteiger partial charge in [0.2, 0.25) is 11.8 Å². The van der Waals surface area contributed by atoms with E-state index in [0.717, 1.165) is 9.87 Å². The molecule has 0 spiro atoms. The number of ether oxygens (including phenoxy) is 1. The van der Waals surface area contributed by atoms with E-state index in [-0.39, 0.29) is 29.1 Å². The van der Waals surface area contributed by atoms with E-state index in [1.165, 1.54) is 23.1 Å². The second kappa shape index (κ2) is 13.7. The van der Waals surface area contributed by atoms with Crippen molar-refractivity contribution in [3.05, 3.63) is 88.9 Å². The number of hydrogen-bond donors (Lipinski definition) is 1. The number of carbonyl (C=O) groups is 2. The van der Waals surface area contributed by atoms with Crippen molar-refractivity contribution < 1.29 is 22.7 Å². The number of halogens is 1. The smallest absolute Gasteiger partial charge is 0.264 e. The Kier molecular flexibility index (Phi) is 10.6. The van der Waals surface area contributed by atoms with E-state index >= 15 is 0 Å². The summed E-state index contributed by atoms with van der Waals surface area (Å²) in [6.07, 6.45) is 0.335. The fourth-order valence-electron chi connectivity index (χ4n) is 4.31. The number of hydrogen-bond acceptors (Lipinski definition) is 5. The second-order valence-electron chi connectivity index (χ2n) is 9.71. The van der Waals surface area contributed by atoms with Gasteiger partial charge < -0.3 is 15.0 Å². The van der Waals surface area contributed by atoms with Crippen molar-refractivity contribution in [1.29, 1.82) is 0 Å². The molecule has 3 rings (SSSR count). The normalized spacial score (nSPS) is 12.1. The van der Waals surface area contributed by atoms with Crippen LogP contribution in [-0.4, -0.2) is 50.9 Å². The highest BCUT2D eigenvalue weighted by atomic mass is 35.5. The monoisotopic (exact) mass is 585 g/mol. The van der Waals surface area contributed by atoms with Crippen LogP contribution >= 0.6 is 11.6 Å². The van der Waals surface area contributed by atoms with E-state index < -0.39 is 28.5 Å². The fourth-order valence-corrected chi connectivity index (χ4v) is 5.97. The molecule has 1 atom stereocenters. The van der Waals surface area contributed by atoms with Crippen LogP contribution in [0.2, 0.25) is 5.02 Å². The second-order valence-corrected chi connectivity index (χ2v) is 12.0. The summed E-state index contributed by atoms with van der Waals surface area (Å²) >= 11 is 6.27. The minimum atomic E-state index is -4.17. The van der Waals surface area contributed by atoms with Gasteiger partial charge in [-0.1, -0.05) is 54.9 Å². The SMILES string of the molecule is CCC(C(=O)NC(C)C)N(Cc1ccc(OC)cc1)C(=O)CN(c1cc(Cl)ccc1C)S(=O)(=O)c1ccccc1. The molecule has 0 bridgehead atoms. The molecule has 8 nitrogen and oxygen atoms in total. The number of rotatable bonds is 12. The average molecular weight is 586 g/mol. The number of nitrogens with one attached hydrogen (secondary N) is 1. The number of carbonyl (C=O) groups excluding carboxylic acids is 2. The van der Waals surface area contributed by atoms with Crippen LogP contribution in [0.1, 0.15) is 38.3 Å². The molecule has 0 saturated carbocycles. The van der Waals surface area contributed by atoms with Crippen molar-refractivity contribution in [2.75, 3.05) is 18.0 Å². The van der Waals surface area contributed by atoms with Gasteiger partial charge in [-0.25, -0.2) is 8.42 Å². The van der Waals surface area contributed by atoms with Crippen LogP contribution in [0.25, 0.3) is 0 Å². The Morgan fingerprint density at radius 3 is 2.23 bits per heavy atom. The lowest BCUT2D eigenvalue weighted by atomic mass is 10.1. The van der Waals surface area contributed by atoms with Crippen LogP contribution in [0, 0.1) is 6.92 Å². The quantitative estimate of drug-likeness (QED) is 0.316. The number of sulfonamides is 1. The van der Waals surface area contributed by atoms with E-state index in [1.807, 2.05) is 32.9 Å². The van der Waals surface area contributed by atoms with Gasteiger partial charge in [0.1, 0.15) is 18.3 Å². The van der Waals surface area contributed by atoms with E-state index in [9.17, 15) is 18.0 Å². The van der Waals surface area contributed by atoms with Gasteiger partial charge in [0, 0.05) is 17.6 Å². The molecule has 3 aromatic carbocycles. The maximum Gasteiger partial charge on any atom is 0.264 e. The number of nitrogens with zero attached hydrogens (tertiary/aromatic N) is 2. The Bertz CT molecular complexity index is 1410. The zero-order valence-corrected chi connectivity index (χ0v) is 25.0. The van der Waals surface area contributed by atoms with E-state index in [1.54, 1.807) is 56.5 Å². The molecule has 1 N–H and O–H groups in total. The van der Waals surface area contributed by atoms with Gasteiger partial charge in [0.05, 0.1) is 17.7 Å². The topological polar surface area (TPSA) is 96.0 Å². The fraction of sp³-hybridized carbons (Fsp3) is 0.333. The van der Waals surface area contributed by atoms with Crippen molar-refractivity contribution >= 4 is 39.1 Å². The summed E-state index contributed by atoms with van der Waals surface area (Å²) in [5.74, 6) is -0.181. The van der Waals surface area contributed by atoms with Crippen molar-refractivity contribution in [3.8, 4) is 5.75 Å². The third-order valence-corrected chi connectivity index (χ3v) is 8.39. The summed E-state index contributed by atoms with van der Waals surface area (Å²) in [5.41, 5.74) is 1.68. The Balaban J connectivity index is 2.09. The van der Waals surface area contributed by atoms with Crippen LogP contribution in [0.3, 0.4) is 0 Å². The first kappa shape index (κ1) is 31.0. The zero-order chi connectivity index (χ0) is 29.4. The molecular weight excluding hydrogens is 550 g/mol. The first-order chi connectivity index (χ1) is 19.0. The molecule has 0 fully saturated rings. The molecule has 0 aliphatic heterocycles. The molecular formula is C30H36ClN3O5S. The Hall–Kier alpha value is -3.56. The zero-order valence-electron chi connectivity index (χ0n) is 23.4. The summed E-state index contributed by atoms with van der Waals surface area (Å²) in [4.78, 5) is 28.8. The molecule has 10 heteroatoms. The number of methoxy groups -OCH3 is 1. The van der Waals surface area contributed by atoms with Gasteiger partial charge in [-0.3, -0.25) is 13.9 Å². The van der Waals surface area contributed by atoms with Crippen LogP contribution < -0.4 is 14.4 Å². The average Bonchev–Trinajstić information content (AvgIpc) is 2.93. The van der Waals surface area contributed by atoms with Crippen LogP contribution in [0.5, 0.6) is 5.75 Å². The Morgan fingerprint density at radius 1 is 1.00 bits per heavy atom. The van der Waals surface area contributed by atoms with Crippen molar-refractivity contribution in [1.82, 2.24) is 10.2 Å². The van der Waals surface area contributed by atoms with Gasteiger partial charge >= 0.3 is 0 Å². The Labute approximate surface area is 241 Å². The van der Waals surface area contributed by atoms with Crippen molar-refractivity contribution in [3.63, 3.8) is 0 Å². The molecule has 40 heavy (non-hydrogen) atoms. The molecule has 3 aromatic rings. The maximum absolute atomic E-state index is 14.1. The molecule has 0 radical (unpaired) electrons. The molecule has 0 aliphatic rings. The highest BCUT2D eigenvalue weighted by Crippen LogP contribution is 2.30. The number of amides is 2. The van der Waals surface area contributed by atoms with Crippen molar-refractivity contribution in [2.45, 2.75) is 57.6 Å². The third-order valence-electron chi connectivity index (χ3n) is 6.38. The minimum absolute atomic E-state index is 0.0356. The first-order valence-corrected chi connectivity index (χ1v) is 14.9. The Morgan fingerprint density at radius 2 is 1.65 bits per heavy atom. The van der Waals surface area contributed by atoms with E-state index in [4.69, 9.17) is 16.3 Å². The van der Waals surface area contributed by atoms with Crippen LogP contribution in [-0.2, 0) is 26.2 Å². The number of benzene rings is 3. The molecule has 0 aromatic heterocycles. The summed E-state index contributed by atoms with van der Waals surface area (Å²) in [6.45, 7) is 6.83. The van der Waals surface area contributed by atoms with Crippen LogP contribution in [0.15, 0.2) is 77.7 Å². The summed E-state index contributed by atoms with van der Waals surface area (Å²) in [6, 6.07) is 19.0. The maximum atomic E-state index is 14.1. The highest BCUT2D eigenvalue weighted by Gasteiger charge is 2.34. The first-order valence-electron chi connectivity index (χ1n) is 13.0. The summed E-state index contributed by atoms with van der Waals surface area (Å²) < 4.78 is 34.2. The molecule has 2 amide bonds. The molecule has 214 valence electrons. The lowest BCUT2D eigenvalue weighted by molar-refractivity contribution is -0.140. The van der Waals surface area contributed by atoms with E-state index in [0.29, 0.717) is 22.8 Å². The number of aryl methyl sites for hydroxylation is 1. The lowest BCUT2D eigenvalue weighted by Gasteiger charge is -2.34. The van der Waals surface area contributed by atoms with Crippen LogP contribution in [0.4, 0.5) is 5.69 Å². The van der Waals surface area contributed by atoms with E-state index in [2.05, 4.69) is 5.32 Å². The molecule has 1 unspecified atom stereocenters. The molecule has 0 heterocycles. The lowest BCUT2D eigenvalue weighted by Crippen LogP contribution is -2.53. The molecule has 0 aliphatic carbocycles. The summed E-state index contributed by atoms with van der Waals surface area (Å²) in [7, 11) is -2.60. The number of anilines is 1. The van der Waals surface area contributed by atoms with Gasteiger partial charge in [-0.15, -0.1) is 0 Å². The highest BCUT2D eigenvalue weighted by molar-refractivity contribution is 7.92. The predicted octanol–water partition coefficient (Wildman–Crippen LogP) is 5.18. The van der Waals surface area contributed by atoms with Gasteiger partial charge in [-0.05, 0) is 74.7 Å². The largest absolute Gasteiger partial charge is 0.497 e. The molecule has 0 saturated heterocycles. The van der Waals surface area contributed by atoms with Gasteiger partial charge in [-0.2, -0.15) is 0 Å². The standard InChI is InChI=1S/C30H36ClN3O5S/c1-6-27(30(36)32-21(2)3)33(19-23-13-16-25(39-5)17-14-23)29(35)20-34(28-18-24(31)15-12-22(28)4)40(37,38)26-10-8-7-9-11-26/h7-18,21,27H,6,19-20H2,1-5H3,(H,32,36). The minimum Gasteiger partial charge on any atom is -0.497 e. The summed E-state index contributed by atoms with van der Waals surface area (Å²) in [5, 5.41) is 3.22.